The number of hydrogen-bond acceptors (Lipinski definition) is 9. The average Bonchev–Trinajstić information content (AvgIpc) is 2.85. The van der Waals surface area contributed by atoms with E-state index in [9.17, 15) is 33.9 Å². The molecule has 4 unspecified atom stereocenters. The van der Waals surface area contributed by atoms with Crippen LogP contribution in [0.2, 0.25) is 0 Å². The van der Waals surface area contributed by atoms with Gasteiger partial charge in [0.05, 0.1) is 6.04 Å². The van der Waals surface area contributed by atoms with Gasteiger partial charge in [-0.3, -0.25) is 29.0 Å². The normalized spacial score (nSPS) is 13.7. The first kappa shape index (κ1) is 35.0. The Hall–Kier alpha value is -3.99. The number of carboxylic acid groups (broad SMARTS) is 1. The number of unbranched alkanes of at least 4 members (excludes halogenated alkanes) is 1. The summed E-state index contributed by atoms with van der Waals surface area (Å²) in [4.78, 5) is 76.3. The number of rotatable bonds is 21. The van der Waals surface area contributed by atoms with Gasteiger partial charge in [-0.25, -0.2) is 4.79 Å². The number of carboxylic acids is 1. The minimum absolute atomic E-state index is 0.0950. The highest BCUT2D eigenvalue weighted by Crippen LogP contribution is 2.07. The highest BCUT2D eigenvalue weighted by atomic mass is 16.4. The average molecular weight is 559 g/mol. The van der Waals surface area contributed by atoms with Crippen LogP contribution < -0.4 is 50.4 Å². The molecule has 0 saturated heterocycles. The summed E-state index contributed by atoms with van der Waals surface area (Å²) in [5.41, 5.74) is 32.1. The molecule has 4 atom stereocenters. The van der Waals surface area contributed by atoms with Crippen LogP contribution in [0, 0.1) is 0 Å². The first-order valence-electron chi connectivity index (χ1n) is 12.5. The summed E-state index contributed by atoms with van der Waals surface area (Å²) in [5.74, 6) is -5.29. The first-order valence-corrected chi connectivity index (χ1v) is 12.5. The lowest BCUT2D eigenvalue weighted by Gasteiger charge is -2.25. The van der Waals surface area contributed by atoms with Crippen LogP contribution >= 0.6 is 0 Å². The van der Waals surface area contributed by atoms with E-state index in [-0.39, 0.29) is 51.0 Å². The third-order valence-corrected chi connectivity index (χ3v) is 5.49. The minimum atomic E-state index is -1.43. The maximum Gasteiger partial charge on any atom is 0.326 e. The zero-order valence-corrected chi connectivity index (χ0v) is 21.9. The number of aliphatic imine (C=N–C) groups is 1. The van der Waals surface area contributed by atoms with Crippen molar-refractivity contribution in [3.63, 3.8) is 0 Å². The molecule has 0 aromatic heterocycles. The molecule has 0 spiro atoms. The van der Waals surface area contributed by atoms with Crippen LogP contribution in [0.3, 0.4) is 0 Å². The SMILES string of the molecule is NCCCCC(NC(=O)C(CCC(N)=O)NC(=O)C(N)CCCN=C(N)N)C(=O)NC(CCC(N)=O)C(=O)O. The second-order valence-electron chi connectivity index (χ2n) is 8.87. The van der Waals surface area contributed by atoms with Crippen LogP contribution in [0.15, 0.2) is 4.99 Å². The summed E-state index contributed by atoms with van der Waals surface area (Å²) in [6.07, 6.45) is 0.628. The van der Waals surface area contributed by atoms with Crippen LogP contribution in [0.4, 0.5) is 0 Å². The standard InChI is InChI=1S/C22H42N10O7/c23-10-2-1-5-13(19(36)32-15(21(38)39)7-9-17(26)34)31-20(37)14(6-8-16(25)33)30-18(35)12(24)4-3-11-29-22(27)28/h12-15H,1-11,23-24H2,(H2,25,33)(H2,26,34)(H,30,35)(H,31,37)(H,32,36)(H,38,39)(H4,27,28,29). The molecule has 0 aromatic carbocycles. The molecular weight excluding hydrogens is 516 g/mol. The number of guanidine groups is 1. The number of amides is 5. The first-order chi connectivity index (χ1) is 18.3. The largest absolute Gasteiger partial charge is 0.480 e. The van der Waals surface area contributed by atoms with Gasteiger partial charge in [-0.15, -0.1) is 0 Å². The summed E-state index contributed by atoms with van der Waals surface area (Å²) in [6.45, 7) is 0.558. The van der Waals surface area contributed by atoms with Gasteiger partial charge in [0.25, 0.3) is 0 Å². The third kappa shape index (κ3) is 16.5. The van der Waals surface area contributed by atoms with Crippen molar-refractivity contribution < 1.29 is 33.9 Å². The number of primary amides is 2. The molecule has 39 heavy (non-hydrogen) atoms. The molecule has 0 aliphatic heterocycles. The molecular formula is C22H42N10O7. The van der Waals surface area contributed by atoms with E-state index < -0.39 is 59.7 Å². The van der Waals surface area contributed by atoms with Gasteiger partial charge in [-0.2, -0.15) is 0 Å². The van der Waals surface area contributed by atoms with Crippen molar-refractivity contribution in [2.45, 2.75) is 82.0 Å². The number of carbonyl (C=O) groups is 6. The van der Waals surface area contributed by atoms with E-state index in [1.54, 1.807) is 0 Å². The Morgan fingerprint density at radius 1 is 0.667 bits per heavy atom. The van der Waals surface area contributed by atoms with Crippen molar-refractivity contribution in [1.82, 2.24) is 16.0 Å². The van der Waals surface area contributed by atoms with Crippen molar-refractivity contribution >= 4 is 41.5 Å². The molecule has 0 radical (unpaired) electrons. The minimum Gasteiger partial charge on any atom is -0.480 e. The predicted molar refractivity (Wildman–Crippen MR) is 141 cm³/mol. The fourth-order valence-corrected chi connectivity index (χ4v) is 3.33. The van der Waals surface area contributed by atoms with E-state index in [1.807, 2.05) is 0 Å². The van der Waals surface area contributed by atoms with Crippen LogP contribution in [0.25, 0.3) is 0 Å². The van der Waals surface area contributed by atoms with E-state index in [0.29, 0.717) is 25.8 Å². The van der Waals surface area contributed by atoms with Crippen LogP contribution in [-0.2, 0) is 28.8 Å². The lowest BCUT2D eigenvalue weighted by Crippen LogP contribution is -2.57. The molecule has 0 aromatic rings. The molecule has 17 nitrogen and oxygen atoms in total. The Labute approximate surface area is 226 Å². The van der Waals surface area contributed by atoms with Gasteiger partial charge in [0.1, 0.15) is 18.1 Å². The number of carbonyl (C=O) groups excluding carboxylic acids is 5. The maximum absolute atomic E-state index is 13.1. The summed E-state index contributed by atoms with van der Waals surface area (Å²) in [7, 11) is 0. The number of hydrogen-bond donors (Lipinski definition) is 10. The number of nitrogens with zero attached hydrogens (tertiary/aromatic N) is 1. The lowest BCUT2D eigenvalue weighted by molar-refractivity contribution is -0.142. The Morgan fingerprint density at radius 3 is 1.64 bits per heavy atom. The monoisotopic (exact) mass is 558 g/mol. The number of nitrogens with one attached hydrogen (secondary N) is 3. The molecule has 0 aliphatic carbocycles. The van der Waals surface area contributed by atoms with E-state index in [4.69, 9.17) is 34.4 Å². The van der Waals surface area contributed by atoms with E-state index in [1.165, 1.54) is 0 Å². The zero-order valence-electron chi connectivity index (χ0n) is 21.9. The Bertz CT molecular complexity index is 879. The molecule has 16 N–H and O–H groups in total. The molecule has 0 heterocycles. The summed E-state index contributed by atoms with van der Waals surface area (Å²) >= 11 is 0. The van der Waals surface area contributed by atoms with E-state index >= 15 is 0 Å². The van der Waals surface area contributed by atoms with Crippen molar-refractivity contribution in [3.8, 4) is 0 Å². The predicted octanol–water partition coefficient (Wildman–Crippen LogP) is -4.43. The molecule has 0 bridgehead atoms. The highest BCUT2D eigenvalue weighted by Gasteiger charge is 2.30. The molecule has 222 valence electrons. The quantitative estimate of drug-likeness (QED) is 0.0364. The van der Waals surface area contributed by atoms with Gasteiger partial charge in [-0.1, -0.05) is 0 Å². The van der Waals surface area contributed by atoms with Gasteiger partial charge < -0.3 is 55.5 Å². The Kier molecular flexibility index (Phi) is 17.2. The van der Waals surface area contributed by atoms with Gasteiger partial charge in [-0.05, 0) is 51.5 Å². The second kappa shape index (κ2) is 19.1. The smallest absolute Gasteiger partial charge is 0.326 e. The van der Waals surface area contributed by atoms with Gasteiger partial charge in [0, 0.05) is 19.4 Å². The molecule has 0 saturated carbocycles. The topological polar surface area (TPSA) is 327 Å². The van der Waals surface area contributed by atoms with Crippen molar-refractivity contribution in [2.75, 3.05) is 13.1 Å². The molecule has 17 heteroatoms. The molecule has 5 amide bonds. The van der Waals surface area contributed by atoms with Crippen LogP contribution in [0.1, 0.15) is 57.8 Å². The summed E-state index contributed by atoms with van der Waals surface area (Å²) < 4.78 is 0. The van der Waals surface area contributed by atoms with Gasteiger partial charge in [0.15, 0.2) is 5.96 Å². The fraction of sp³-hybridized carbons (Fsp3) is 0.682. The van der Waals surface area contributed by atoms with Gasteiger partial charge >= 0.3 is 5.97 Å². The Balaban J connectivity index is 5.54. The van der Waals surface area contributed by atoms with E-state index in [2.05, 4.69) is 20.9 Å². The number of aliphatic carboxylic acids is 1. The summed E-state index contributed by atoms with van der Waals surface area (Å²) in [6, 6.07) is -4.93. The third-order valence-electron chi connectivity index (χ3n) is 5.49. The van der Waals surface area contributed by atoms with Crippen molar-refractivity contribution in [2.24, 2.45) is 39.4 Å². The molecule has 0 rings (SSSR count). The Morgan fingerprint density at radius 2 is 1.15 bits per heavy atom. The second-order valence-corrected chi connectivity index (χ2v) is 8.87. The van der Waals surface area contributed by atoms with Gasteiger partial charge in [0.2, 0.25) is 29.5 Å². The molecule has 0 fully saturated rings. The fourth-order valence-electron chi connectivity index (χ4n) is 3.33. The number of nitrogens with two attached hydrogens (primary N) is 6. The van der Waals surface area contributed by atoms with E-state index in [0.717, 1.165) is 0 Å². The van der Waals surface area contributed by atoms with Crippen LogP contribution in [0.5, 0.6) is 0 Å². The highest BCUT2D eigenvalue weighted by molar-refractivity contribution is 5.94. The summed E-state index contributed by atoms with van der Waals surface area (Å²) in [5, 5.41) is 16.6. The van der Waals surface area contributed by atoms with Crippen LogP contribution in [-0.4, -0.2) is 83.8 Å². The maximum atomic E-state index is 13.1. The molecule has 0 aliphatic rings. The lowest BCUT2D eigenvalue weighted by atomic mass is 10.0. The van der Waals surface area contributed by atoms with Crippen molar-refractivity contribution in [3.05, 3.63) is 0 Å². The van der Waals surface area contributed by atoms with Crippen molar-refractivity contribution in [1.29, 1.82) is 0 Å². The zero-order chi connectivity index (χ0) is 30.0.